The van der Waals surface area contributed by atoms with Crippen LogP contribution in [0.15, 0.2) is 24.3 Å². The van der Waals surface area contributed by atoms with Crippen LogP contribution in [0.4, 0.5) is 0 Å². The van der Waals surface area contributed by atoms with Crippen molar-refractivity contribution in [3.05, 3.63) is 35.4 Å². The van der Waals surface area contributed by atoms with Crippen LogP contribution in [-0.4, -0.2) is 13.9 Å². The maximum Gasteiger partial charge on any atom is 0.146 e. The van der Waals surface area contributed by atoms with E-state index in [2.05, 4.69) is 19.1 Å². The molecule has 66 valence electrons. The molecule has 0 radical (unpaired) electrons. The number of hydrogen-bond acceptors (Lipinski definition) is 2. The molecule has 0 aromatic heterocycles. The molecule has 0 aliphatic carbocycles. The molecule has 2 heteroatoms. The summed E-state index contributed by atoms with van der Waals surface area (Å²) in [5.41, 5.74) is 2.48. The van der Waals surface area contributed by atoms with Gasteiger partial charge in [0, 0.05) is 7.11 Å². The van der Waals surface area contributed by atoms with Crippen molar-refractivity contribution in [3.8, 4) is 0 Å². The van der Waals surface area contributed by atoms with Gasteiger partial charge >= 0.3 is 0 Å². The second-order valence-corrected chi connectivity index (χ2v) is 2.68. The second-order valence-electron chi connectivity index (χ2n) is 2.68. The Morgan fingerprint density at radius 3 is 2.67 bits per heavy atom. The molecule has 0 heterocycles. The Balaban J connectivity index is 2.46. The van der Waals surface area contributed by atoms with Crippen LogP contribution in [0.25, 0.3) is 0 Å². The average Bonchev–Trinajstić information content (AvgIpc) is 2.09. The minimum absolute atomic E-state index is 0.355. The first-order valence-corrected chi connectivity index (χ1v) is 3.96. The number of benzene rings is 1. The molecule has 0 atom stereocenters. The Bertz CT molecular complexity index is 233. The lowest BCUT2D eigenvalue weighted by Gasteiger charge is -2.05. The minimum atomic E-state index is 0.355. The van der Waals surface area contributed by atoms with Crippen LogP contribution in [0, 0.1) is 6.92 Å². The Morgan fingerprint density at radius 1 is 1.25 bits per heavy atom. The molecule has 0 amide bonds. The number of methoxy groups -OCH3 is 1. The van der Waals surface area contributed by atoms with E-state index in [-0.39, 0.29) is 0 Å². The molecule has 0 saturated carbocycles. The lowest BCUT2D eigenvalue weighted by Crippen LogP contribution is -1.98. The molecule has 0 aliphatic rings. The predicted octanol–water partition coefficient (Wildman–Crippen LogP) is 2.12. The van der Waals surface area contributed by atoms with Crippen LogP contribution >= 0.6 is 0 Å². The summed E-state index contributed by atoms with van der Waals surface area (Å²) in [7, 11) is 1.62. The van der Waals surface area contributed by atoms with Crippen molar-refractivity contribution in [1.29, 1.82) is 0 Å². The average molecular weight is 166 g/mol. The van der Waals surface area contributed by atoms with E-state index in [1.165, 1.54) is 11.1 Å². The highest BCUT2D eigenvalue weighted by molar-refractivity contribution is 5.24. The molecule has 1 rings (SSSR count). The standard InChI is InChI=1S/C10H14O2/c1-9-5-3-4-6-10(9)7-12-8-11-2/h3-6H,7-8H2,1-2H3. The van der Waals surface area contributed by atoms with Gasteiger partial charge in [0.2, 0.25) is 0 Å². The van der Waals surface area contributed by atoms with E-state index in [0.717, 1.165) is 0 Å². The van der Waals surface area contributed by atoms with E-state index in [9.17, 15) is 0 Å². The quantitative estimate of drug-likeness (QED) is 0.504. The smallest absolute Gasteiger partial charge is 0.146 e. The fraction of sp³-hybridized carbons (Fsp3) is 0.400. The topological polar surface area (TPSA) is 18.5 Å². The third kappa shape index (κ3) is 2.64. The van der Waals surface area contributed by atoms with Crippen LogP contribution in [0.1, 0.15) is 11.1 Å². The summed E-state index contributed by atoms with van der Waals surface area (Å²) in [6, 6.07) is 8.17. The first-order valence-electron chi connectivity index (χ1n) is 3.96. The fourth-order valence-electron chi connectivity index (χ4n) is 1.01. The summed E-state index contributed by atoms with van der Waals surface area (Å²) in [6.07, 6.45) is 0. The van der Waals surface area contributed by atoms with Gasteiger partial charge in [-0.05, 0) is 18.1 Å². The molecular weight excluding hydrogens is 152 g/mol. The number of rotatable bonds is 4. The zero-order chi connectivity index (χ0) is 8.81. The Hall–Kier alpha value is -0.860. The van der Waals surface area contributed by atoms with Gasteiger partial charge in [0.05, 0.1) is 6.61 Å². The number of ether oxygens (including phenoxy) is 2. The molecule has 0 spiro atoms. The van der Waals surface area contributed by atoms with Crippen LogP contribution < -0.4 is 0 Å². The van der Waals surface area contributed by atoms with Crippen LogP contribution in [0.5, 0.6) is 0 Å². The van der Waals surface area contributed by atoms with Crippen molar-refractivity contribution in [2.45, 2.75) is 13.5 Å². The zero-order valence-electron chi connectivity index (χ0n) is 7.54. The summed E-state index contributed by atoms with van der Waals surface area (Å²) < 4.78 is 10.0. The van der Waals surface area contributed by atoms with E-state index in [0.29, 0.717) is 13.4 Å². The van der Waals surface area contributed by atoms with Crippen LogP contribution in [0.3, 0.4) is 0 Å². The molecule has 1 aromatic carbocycles. The van der Waals surface area contributed by atoms with Gasteiger partial charge in [-0.1, -0.05) is 24.3 Å². The first-order chi connectivity index (χ1) is 5.84. The van der Waals surface area contributed by atoms with Gasteiger partial charge in [-0.25, -0.2) is 0 Å². The SMILES string of the molecule is COCOCc1ccccc1C. The number of hydrogen-bond donors (Lipinski definition) is 0. The second kappa shape index (κ2) is 4.91. The predicted molar refractivity (Wildman–Crippen MR) is 47.8 cm³/mol. The van der Waals surface area contributed by atoms with Crippen LogP contribution in [-0.2, 0) is 16.1 Å². The Morgan fingerprint density at radius 2 is 2.00 bits per heavy atom. The largest absolute Gasteiger partial charge is 0.359 e. The highest BCUT2D eigenvalue weighted by Gasteiger charge is 1.95. The Kier molecular flexibility index (Phi) is 3.77. The van der Waals surface area contributed by atoms with Crippen molar-refractivity contribution in [2.75, 3.05) is 13.9 Å². The molecule has 1 aromatic rings. The highest BCUT2D eigenvalue weighted by Crippen LogP contribution is 2.07. The van der Waals surface area contributed by atoms with E-state index >= 15 is 0 Å². The van der Waals surface area contributed by atoms with Gasteiger partial charge in [0.25, 0.3) is 0 Å². The van der Waals surface area contributed by atoms with Crippen molar-refractivity contribution in [2.24, 2.45) is 0 Å². The summed E-state index contributed by atoms with van der Waals surface area (Å²) in [6.45, 7) is 3.06. The van der Waals surface area contributed by atoms with Gasteiger partial charge in [-0.3, -0.25) is 0 Å². The molecule has 0 fully saturated rings. The molecular formula is C10H14O2. The third-order valence-corrected chi connectivity index (χ3v) is 1.72. The maximum absolute atomic E-state index is 5.23. The van der Waals surface area contributed by atoms with Crippen molar-refractivity contribution in [1.82, 2.24) is 0 Å². The van der Waals surface area contributed by atoms with Crippen LogP contribution in [0.2, 0.25) is 0 Å². The first kappa shape index (κ1) is 9.23. The zero-order valence-corrected chi connectivity index (χ0v) is 7.54. The van der Waals surface area contributed by atoms with Gasteiger partial charge in [0.1, 0.15) is 6.79 Å². The van der Waals surface area contributed by atoms with Crippen molar-refractivity contribution >= 4 is 0 Å². The van der Waals surface area contributed by atoms with E-state index in [1.54, 1.807) is 7.11 Å². The molecule has 2 nitrogen and oxygen atoms in total. The summed E-state index contributed by atoms with van der Waals surface area (Å²) in [5, 5.41) is 0. The third-order valence-electron chi connectivity index (χ3n) is 1.72. The van der Waals surface area contributed by atoms with E-state index < -0.39 is 0 Å². The monoisotopic (exact) mass is 166 g/mol. The van der Waals surface area contributed by atoms with Crippen molar-refractivity contribution in [3.63, 3.8) is 0 Å². The van der Waals surface area contributed by atoms with E-state index in [4.69, 9.17) is 9.47 Å². The Labute approximate surface area is 73.1 Å². The van der Waals surface area contributed by atoms with Gasteiger partial charge in [-0.2, -0.15) is 0 Å². The summed E-state index contributed by atoms with van der Waals surface area (Å²) in [5.74, 6) is 0. The molecule has 12 heavy (non-hydrogen) atoms. The lowest BCUT2D eigenvalue weighted by atomic mass is 10.1. The molecule has 0 saturated heterocycles. The summed E-state index contributed by atoms with van der Waals surface area (Å²) in [4.78, 5) is 0. The normalized spacial score (nSPS) is 10.2. The molecule has 0 N–H and O–H groups in total. The molecule has 0 aliphatic heterocycles. The van der Waals surface area contributed by atoms with Gasteiger partial charge in [0.15, 0.2) is 0 Å². The lowest BCUT2D eigenvalue weighted by molar-refractivity contribution is -0.0392. The number of aryl methyl sites for hydroxylation is 1. The summed E-state index contributed by atoms with van der Waals surface area (Å²) >= 11 is 0. The van der Waals surface area contributed by atoms with Gasteiger partial charge < -0.3 is 9.47 Å². The maximum atomic E-state index is 5.23. The molecule has 0 bridgehead atoms. The van der Waals surface area contributed by atoms with Crippen molar-refractivity contribution < 1.29 is 9.47 Å². The molecule has 0 unspecified atom stereocenters. The fourth-order valence-corrected chi connectivity index (χ4v) is 1.01. The minimum Gasteiger partial charge on any atom is -0.359 e. The van der Waals surface area contributed by atoms with E-state index in [1.807, 2.05) is 12.1 Å². The van der Waals surface area contributed by atoms with Gasteiger partial charge in [-0.15, -0.1) is 0 Å². The highest BCUT2D eigenvalue weighted by atomic mass is 16.7.